The van der Waals surface area contributed by atoms with Crippen molar-refractivity contribution in [2.75, 3.05) is 0 Å². The van der Waals surface area contributed by atoms with Gasteiger partial charge in [-0.1, -0.05) is 0 Å². The van der Waals surface area contributed by atoms with Gasteiger partial charge in [0.15, 0.2) is 0 Å². The maximum absolute atomic E-state index is 6.91. The summed E-state index contributed by atoms with van der Waals surface area (Å²) in [6.45, 7) is 0. The van der Waals surface area contributed by atoms with Crippen LogP contribution >= 0.6 is 22.6 Å². The van der Waals surface area contributed by atoms with Crippen LogP contribution in [0.4, 0.5) is 0 Å². The fraction of sp³-hybridized carbons (Fsp3) is 0. The minimum Gasteiger partial charge on any atom is -0.308 e. The molecule has 0 saturated carbocycles. The van der Waals surface area contributed by atoms with E-state index in [1.807, 2.05) is 6.07 Å². The molecule has 1 N–H and O–H groups in total. The van der Waals surface area contributed by atoms with Crippen LogP contribution in [0.15, 0.2) is 18.5 Å². The Hall–Kier alpha value is -0.450. The van der Waals surface area contributed by atoms with Gasteiger partial charge in [0.2, 0.25) is 0 Å². The third-order valence-corrected chi connectivity index (χ3v) is 1.93. The maximum Gasteiger partial charge on any atom is 0.0366 e. The summed E-state index contributed by atoms with van der Waals surface area (Å²) >= 11 is 2.17. The molecule has 0 fully saturated rings. The summed E-state index contributed by atoms with van der Waals surface area (Å²) in [7, 11) is 0. The van der Waals surface area contributed by atoms with Crippen molar-refractivity contribution in [3.8, 4) is 0 Å². The van der Waals surface area contributed by atoms with E-state index in [0.717, 1.165) is 9.13 Å². The molecule has 1 heterocycles. The molecule has 1 aromatic rings. The van der Waals surface area contributed by atoms with Crippen molar-refractivity contribution in [1.82, 2.24) is 4.98 Å². The zero-order valence-corrected chi connectivity index (χ0v) is 6.79. The summed E-state index contributed by atoms with van der Waals surface area (Å²) in [6.07, 6.45) is 4.69. The van der Waals surface area contributed by atoms with Crippen LogP contribution in [-0.2, 0) is 0 Å². The molecule has 3 heteroatoms. The first-order valence-corrected chi connectivity index (χ1v) is 3.52. The first-order valence-electron chi connectivity index (χ1n) is 2.44. The third-order valence-electron chi connectivity index (χ3n) is 0.952. The molecule has 0 spiro atoms. The van der Waals surface area contributed by atoms with E-state index in [1.54, 1.807) is 12.4 Å². The molecular weight excluding hydrogens is 227 g/mol. The largest absolute Gasteiger partial charge is 0.308 e. The van der Waals surface area contributed by atoms with Crippen molar-refractivity contribution in [1.29, 1.82) is 5.41 Å². The Morgan fingerprint density at radius 1 is 1.67 bits per heavy atom. The van der Waals surface area contributed by atoms with E-state index in [4.69, 9.17) is 5.41 Å². The highest BCUT2D eigenvalue weighted by Gasteiger charge is 1.91. The van der Waals surface area contributed by atoms with Crippen LogP contribution in [0, 0.1) is 8.98 Å². The van der Waals surface area contributed by atoms with Crippen LogP contribution in [-0.4, -0.2) is 11.2 Å². The average Bonchev–Trinajstić information content (AvgIpc) is 1.89. The molecule has 0 radical (unpaired) electrons. The van der Waals surface area contributed by atoms with Crippen molar-refractivity contribution < 1.29 is 0 Å². The number of rotatable bonds is 1. The minimum absolute atomic E-state index is 0.873. The van der Waals surface area contributed by atoms with Gasteiger partial charge >= 0.3 is 0 Å². The molecule has 2 nitrogen and oxygen atoms in total. The van der Waals surface area contributed by atoms with Crippen LogP contribution in [0.5, 0.6) is 0 Å². The molecular formula is C6H5IN2. The molecule has 0 unspecified atom stereocenters. The summed E-state index contributed by atoms with van der Waals surface area (Å²) in [6, 6.07) is 1.88. The molecule has 0 bridgehead atoms. The summed E-state index contributed by atoms with van der Waals surface area (Å²) in [5.74, 6) is 0. The smallest absolute Gasteiger partial charge is 0.0366 e. The lowest BCUT2D eigenvalue weighted by Crippen LogP contribution is -1.85. The maximum atomic E-state index is 6.91. The monoisotopic (exact) mass is 232 g/mol. The highest BCUT2D eigenvalue weighted by molar-refractivity contribution is 14.1. The number of aromatic nitrogens is 1. The van der Waals surface area contributed by atoms with E-state index < -0.39 is 0 Å². The number of nitrogens with one attached hydrogen (secondary N) is 1. The Bertz CT molecular complexity index is 222. The summed E-state index contributed by atoms with van der Waals surface area (Å²) < 4.78 is 1.07. The van der Waals surface area contributed by atoms with Crippen molar-refractivity contribution in [3.63, 3.8) is 0 Å². The zero-order chi connectivity index (χ0) is 6.69. The summed E-state index contributed by atoms with van der Waals surface area (Å²) in [5, 5.41) is 6.91. The van der Waals surface area contributed by atoms with Gasteiger partial charge in [-0.05, 0) is 28.7 Å². The van der Waals surface area contributed by atoms with E-state index in [1.165, 1.54) is 6.21 Å². The van der Waals surface area contributed by atoms with E-state index >= 15 is 0 Å². The molecule has 0 saturated heterocycles. The van der Waals surface area contributed by atoms with Gasteiger partial charge in [-0.3, -0.25) is 4.98 Å². The number of pyridine rings is 1. The zero-order valence-electron chi connectivity index (χ0n) is 4.63. The van der Waals surface area contributed by atoms with Gasteiger partial charge in [-0.25, -0.2) is 0 Å². The molecule has 0 amide bonds. The second-order valence-electron chi connectivity index (χ2n) is 1.54. The Balaban J connectivity index is 3.15. The first-order chi connectivity index (χ1) is 4.34. The van der Waals surface area contributed by atoms with E-state index in [2.05, 4.69) is 27.6 Å². The molecule has 46 valence electrons. The lowest BCUT2D eigenvalue weighted by molar-refractivity contribution is 1.30. The van der Waals surface area contributed by atoms with E-state index in [0.29, 0.717) is 0 Å². The Labute approximate surface area is 67.0 Å². The molecule has 0 aliphatic heterocycles. The Kier molecular flexibility index (Phi) is 2.16. The van der Waals surface area contributed by atoms with Gasteiger partial charge in [0.25, 0.3) is 0 Å². The minimum atomic E-state index is 0.873. The summed E-state index contributed by atoms with van der Waals surface area (Å²) in [4.78, 5) is 3.86. The van der Waals surface area contributed by atoms with Crippen LogP contribution in [0.1, 0.15) is 5.56 Å². The van der Waals surface area contributed by atoms with Gasteiger partial charge in [-0.15, -0.1) is 0 Å². The van der Waals surface area contributed by atoms with Gasteiger partial charge in [0, 0.05) is 27.7 Å². The predicted octanol–water partition coefficient (Wildman–Crippen LogP) is 1.68. The molecule has 0 aromatic carbocycles. The second-order valence-corrected chi connectivity index (χ2v) is 2.70. The SMILES string of the molecule is N=Cc1cnccc1I. The normalized spacial score (nSPS) is 9.00. The van der Waals surface area contributed by atoms with E-state index in [-0.39, 0.29) is 0 Å². The molecule has 0 atom stereocenters. The highest BCUT2D eigenvalue weighted by Crippen LogP contribution is 2.05. The van der Waals surface area contributed by atoms with Crippen LogP contribution in [0.3, 0.4) is 0 Å². The highest BCUT2D eigenvalue weighted by atomic mass is 127. The average molecular weight is 232 g/mol. The topological polar surface area (TPSA) is 36.7 Å². The van der Waals surface area contributed by atoms with Crippen molar-refractivity contribution >= 4 is 28.8 Å². The molecule has 1 aromatic heterocycles. The van der Waals surface area contributed by atoms with Crippen molar-refractivity contribution in [2.24, 2.45) is 0 Å². The van der Waals surface area contributed by atoms with Crippen LogP contribution < -0.4 is 0 Å². The summed E-state index contributed by atoms with van der Waals surface area (Å²) in [5.41, 5.74) is 0.873. The number of hydrogen-bond acceptors (Lipinski definition) is 2. The number of nitrogens with zero attached hydrogens (tertiary/aromatic N) is 1. The standard InChI is InChI=1S/C6H5IN2/c7-6-1-2-9-4-5(6)3-8/h1-4,8H. The van der Waals surface area contributed by atoms with Gasteiger partial charge in [0.05, 0.1) is 0 Å². The lowest BCUT2D eigenvalue weighted by Gasteiger charge is -1.91. The lowest BCUT2D eigenvalue weighted by atomic mass is 10.3. The molecule has 0 aliphatic rings. The quantitative estimate of drug-likeness (QED) is 0.580. The fourth-order valence-electron chi connectivity index (χ4n) is 0.496. The number of halogens is 1. The first kappa shape index (κ1) is 6.67. The van der Waals surface area contributed by atoms with Crippen LogP contribution in [0.2, 0.25) is 0 Å². The van der Waals surface area contributed by atoms with Crippen LogP contribution in [0.25, 0.3) is 0 Å². The third kappa shape index (κ3) is 1.48. The molecule has 9 heavy (non-hydrogen) atoms. The number of hydrogen-bond donors (Lipinski definition) is 1. The predicted molar refractivity (Wildman–Crippen MR) is 44.8 cm³/mol. The Morgan fingerprint density at radius 3 is 2.89 bits per heavy atom. The second kappa shape index (κ2) is 2.91. The molecule has 1 rings (SSSR count). The van der Waals surface area contributed by atoms with Gasteiger partial charge in [0.1, 0.15) is 0 Å². The fourth-order valence-corrected chi connectivity index (χ4v) is 0.952. The van der Waals surface area contributed by atoms with Crippen molar-refractivity contribution in [2.45, 2.75) is 0 Å². The van der Waals surface area contributed by atoms with Gasteiger partial charge in [-0.2, -0.15) is 0 Å². The van der Waals surface area contributed by atoms with E-state index in [9.17, 15) is 0 Å². The Morgan fingerprint density at radius 2 is 2.44 bits per heavy atom. The van der Waals surface area contributed by atoms with Crippen molar-refractivity contribution in [3.05, 3.63) is 27.6 Å². The molecule has 0 aliphatic carbocycles. The van der Waals surface area contributed by atoms with Gasteiger partial charge < -0.3 is 5.41 Å².